The van der Waals surface area contributed by atoms with Gasteiger partial charge in [0.15, 0.2) is 0 Å². The summed E-state index contributed by atoms with van der Waals surface area (Å²) in [4.78, 5) is 11.4. The van der Waals surface area contributed by atoms with Gasteiger partial charge in [-0.15, -0.1) is 0 Å². The fraction of sp³-hybridized carbons (Fsp3) is 0.304. The number of aromatic nitrogens is 2. The van der Waals surface area contributed by atoms with E-state index in [-0.39, 0.29) is 0 Å². The van der Waals surface area contributed by atoms with Gasteiger partial charge in [-0.3, -0.25) is 0 Å². The summed E-state index contributed by atoms with van der Waals surface area (Å²) in [7, 11) is 0. The van der Waals surface area contributed by atoms with Crippen LogP contribution in [0.5, 0.6) is 0 Å². The molecule has 3 aromatic rings. The van der Waals surface area contributed by atoms with Gasteiger partial charge >= 0.3 is 0 Å². The first-order valence-electron chi connectivity index (χ1n) is 9.97. The summed E-state index contributed by atoms with van der Waals surface area (Å²) in [5.74, 6) is 1.36. The number of benzene rings is 2. The number of aryl methyl sites for hydroxylation is 2. The minimum atomic E-state index is 0.584. The van der Waals surface area contributed by atoms with Crippen LogP contribution in [0.4, 0.5) is 28.8 Å². The second-order valence-corrected chi connectivity index (χ2v) is 7.43. The zero-order chi connectivity index (χ0) is 19.3. The molecule has 1 fully saturated rings. The first-order chi connectivity index (χ1) is 13.7. The van der Waals surface area contributed by atoms with E-state index in [2.05, 4.69) is 81.8 Å². The summed E-state index contributed by atoms with van der Waals surface area (Å²) in [5, 5.41) is 6.68. The van der Waals surface area contributed by atoms with Crippen LogP contribution < -0.4 is 15.5 Å². The van der Waals surface area contributed by atoms with Gasteiger partial charge in [0.05, 0.1) is 0 Å². The largest absolute Gasteiger partial charge is 0.372 e. The molecule has 144 valence electrons. The summed E-state index contributed by atoms with van der Waals surface area (Å²) >= 11 is 0. The summed E-state index contributed by atoms with van der Waals surface area (Å²) in [6.45, 7) is 6.50. The van der Waals surface area contributed by atoms with E-state index in [4.69, 9.17) is 0 Å². The number of anilines is 5. The second kappa shape index (κ2) is 8.30. The molecule has 0 bridgehead atoms. The van der Waals surface area contributed by atoms with E-state index < -0.39 is 0 Å². The molecule has 5 nitrogen and oxygen atoms in total. The van der Waals surface area contributed by atoms with Crippen molar-refractivity contribution in [3.63, 3.8) is 0 Å². The highest BCUT2D eigenvalue weighted by atomic mass is 15.1. The van der Waals surface area contributed by atoms with Crippen molar-refractivity contribution in [2.75, 3.05) is 28.6 Å². The molecular weight excluding hydrogens is 346 g/mol. The van der Waals surface area contributed by atoms with E-state index in [0.717, 1.165) is 30.3 Å². The molecule has 0 saturated carbocycles. The molecule has 2 N–H and O–H groups in total. The summed E-state index contributed by atoms with van der Waals surface area (Å²) in [6.07, 6.45) is 5.69. The van der Waals surface area contributed by atoms with Crippen LogP contribution in [0, 0.1) is 13.8 Å². The van der Waals surface area contributed by atoms with Crippen LogP contribution in [0.25, 0.3) is 0 Å². The predicted molar refractivity (Wildman–Crippen MR) is 117 cm³/mol. The number of hydrogen-bond acceptors (Lipinski definition) is 5. The van der Waals surface area contributed by atoms with Crippen LogP contribution >= 0.6 is 0 Å². The third-order valence-corrected chi connectivity index (χ3v) is 5.14. The second-order valence-electron chi connectivity index (χ2n) is 7.43. The van der Waals surface area contributed by atoms with Crippen molar-refractivity contribution in [3.8, 4) is 0 Å². The number of nitrogens with one attached hydrogen (secondary N) is 2. The Morgan fingerprint density at radius 3 is 2.39 bits per heavy atom. The maximum Gasteiger partial charge on any atom is 0.229 e. The quantitative estimate of drug-likeness (QED) is 0.612. The molecule has 0 atom stereocenters. The molecule has 2 heterocycles. The highest BCUT2D eigenvalue weighted by Gasteiger charge is 2.10. The van der Waals surface area contributed by atoms with E-state index in [0.29, 0.717) is 5.95 Å². The van der Waals surface area contributed by atoms with E-state index in [1.807, 2.05) is 6.07 Å². The zero-order valence-corrected chi connectivity index (χ0v) is 16.6. The van der Waals surface area contributed by atoms with Crippen molar-refractivity contribution in [2.24, 2.45) is 0 Å². The predicted octanol–water partition coefficient (Wildman–Crippen LogP) is 5.57. The molecule has 0 unspecified atom stereocenters. The first-order valence-corrected chi connectivity index (χ1v) is 9.97. The molecule has 28 heavy (non-hydrogen) atoms. The first kappa shape index (κ1) is 18.3. The Balaban J connectivity index is 1.44. The van der Waals surface area contributed by atoms with Gasteiger partial charge in [0.2, 0.25) is 5.95 Å². The van der Waals surface area contributed by atoms with Crippen molar-refractivity contribution in [2.45, 2.75) is 33.1 Å². The number of piperidine rings is 1. The molecule has 1 aliphatic heterocycles. The topological polar surface area (TPSA) is 53.1 Å². The smallest absolute Gasteiger partial charge is 0.229 e. The molecule has 2 aromatic carbocycles. The molecule has 0 aliphatic carbocycles. The maximum atomic E-state index is 4.60. The van der Waals surface area contributed by atoms with Crippen molar-refractivity contribution < 1.29 is 0 Å². The van der Waals surface area contributed by atoms with Gasteiger partial charge in [-0.25, -0.2) is 4.98 Å². The van der Waals surface area contributed by atoms with Gasteiger partial charge < -0.3 is 15.5 Å². The van der Waals surface area contributed by atoms with Gasteiger partial charge in [-0.1, -0.05) is 17.7 Å². The minimum absolute atomic E-state index is 0.584. The normalized spacial score (nSPS) is 14.0. The Morgan fingerprint density at radius 2 is 1.64 bits per heavy atom. The SMILES string of the molecule is Cc1ccc(Nc2ccnc(Nc3ccc(N4CCCCC4)cc3)n2)c(C)c1. The Morgan fingerprint density at radius 1 is 0.857 bits per heavy atom. The van der Waals surface area contributed by atoms with Crippen LogP contribution in [-0.2, 0) is 0 Å². The molecule has 0 spiro atoms. The molecule has 0 radical (unpaired) electrons. The third-order valence-electron chi connectivity index (χ3n) is 5.14. The van der Waals surface area contributed by atoms with E-state index >= 15 is 0 Å². The lowest BCUT2D eigenvalue weighted by molar-refractivity contribution is 0.578. The van der Waals surface area contributed by atoms with Crippen LogP contribution in [0.1, 0.15) is 30.4 Å². The molecular formula is C23H27N5. The van der Waals surface area contributed by atoms with Crippen molar-refractivity contribution in [3.05, 3.63) is 65.9 Å². The molecule has 1 aliphatic rings. The lowest BCUT2D eigenvalue weighted by Crippen LogP contribution is -2.29. The Hall–Kier alpha value is -3.08. The van der Waals surface area contributed by atoms with E-state index in [1.165, 1.54) is 36.1 Å². The molecule has 5 heteroatoms. The highest BCUT2D eigenvalue weighted by Crippen LogP contribution is 2.24. The Bertz CT molecular complexity index is 930. The van der Waals surface area contributed by atoms with Crippen LogP contribution in [0.15, 0.2) is 54.7 Å². The Kier molecular flexibility index (Phi) is 5.42. The van der Waals surface area contributed by atoms with Crippen molar-refractivity contribution in [1.82, 2.24) is 9.97 Å². The summed E-state index contributed by atoms with van der Waals surface area (Å²) in [6, 6.07) is 16.8. The lowest BCUT2D eigenvalue weighted by Gasteiger charge is -2.28. The Labute approximate surface area is 166 Å². The lowest BCUT2D eigenvalue weighted by atomic mass is 10.1. The monoisotopic (exact) mass is 373 g/mol. The minimum Gasteiger partial charge on any atom is -0.372 e. The molecule has 4 rings (SSSR count). The number of rotatable bonds is 5. The van der Waals surface area contributed by atoms with Crippen LogP contribution in [0.2, 0.25) is 0 Å². The average molecular weight is 374 g/mol. The maximum absolute atomic E-state index is 4.60. The van der Waals surface area contributed by atoms with Crippen molar-refractivity contribution in [1.29, 1.82) is 0 Å². The fourth-order valence-electron chi connectivity index (χ4n) is 3.62. The fourth-order valence-corrected chi connectivity index (χ4v) is 3.62. The van der Waals surface area contributed by atoms with Gasteiger partial charge in [0.1, 0.15) is 5.82 Å². The molecule has 1 saturated heterocycles. The summed E-state index contributed by atoms with van der Waals surface area (Å²) < 4.78 is 0. The highest BCUT2D eigenvalue weighted by molar-refractivity contribution is 5.63. The summed E-state index contributed by atoms with van der Waals surface area (Å²) in [5.41, 5.74) is 5.78. The zero-order valence-electron chi connectivity index (χ0n) is 16.6. The van der Waals surface area contributed by atoms with E-state index in [9.17, 15) is 0 Å². The van der Waals surface area contributed by atoms with Gasteiger partial charge in [0.25, 0.3) is 0 Å². The average Bonchev–Trinajstić information content (AvgIpc) is 2.72. The number of hydrogen-bond donors (Lipinski definition) is 2. The van der Waals surface area contributed by atoms with Crippen molar-refractivity contribution >= 4 is 28.8 Å². The van der Waals surface area contributed by atoms with Crippen LogP contribution in [-0.4, -0.2) is 23.1 Å². The van der Waals surface area contributed by atoms with Gasteiger partial charge in [-0.05, 0) is 75.1 Å². The van der Waals surface area contributed by atoms with Gasteiger partial charge in [0, 0.05) is 36.3 Å². The standard InChI is InChI=1S/C23H27N5/c1-17-6-11-21(18(2)16-17)26-22-12-13-24-23(27-22)25-19-7-9-20(10-8-19)28-14-4-3-5-15-28/h6-13,16H,3-5,14-15H2,1-2H3,(H2,24,25,26,27). The third kappa shape index (κ3) is 4.42. The van der Waals surface area contributed by atoms with Gasteiger partial charge in [-0.2, -0.15) is 4.98 Å². The molecule has 0 amide bonds. The number of nitrogens with zero attached hydrogens (tertiary/aromatic N) is 3. The molecule has 1 aromatic heterocycles. The van der Waals surface area contributed by atoms with Crippen LogP contribution in [0.3, 0.4) is 0 Å². The van der Waals surface area contributed by atoms with E-state index in [1.54, 1.807) is 6.20 Å².